The number of rotatable bonds is 10. The number of anilines is 2. The highest BCUT2D eigenvalue weighted by molar-refractivity contribution is 7.79. The summed E-state index contributed by atoms with van der Waals surface area (Å²) in [5.74, 6) is 2.70. The summed E-state index contributed by atoms with van der Waals surface area (Å²) in [5, 5.41) is 17.2. The molecule has 15 nitrogen and oxygen atoms in total. The molecule has 0 aliphatic heterocycles. The molecule has 0 unspecified atom stereocenters. The molecule has 7 rings (SSSR count). The summed E-state index contributed by atoms with van der Waals surface area (Å²) in [6, 6.07) is 32.6. The van der Waals surface area contributed by atoms with E-state index in [1.165, 1.54) is 0 Å². The van der Waals surface area contributed by atoms with E-state index >= 15 is 0 Å². The summed E-state index contributed by atoms with van der Waals surface area (Å²) in [4.78, 5) is 12.3. The molecular weight excluding hydrogens is 703 g/mol. The first-order valence-electron chi connectivity index (χ1n) is 15.9. The predicted molar refractivity (Wildman–Crippen MR) is 195 cm³/mol. The van der Waals surface area contributed by atoms with Crippen LogP contribution in [0.15, 0.2) is 131 Å². The van der Waals surface area contributed by atoms with E-state index in [-0.39, 0.29) is 6.61 Å². The first-order chi connectivity index (χ1) is 25.5. The number of aliphatic hydroxyl groups is 1. The van der Waals surface area contributed by atoms with Gasteiger partial charge in [0.25, 0.3) is 0 Å². The molecule has 7 N–H and O–H groups in total. The first-order valence-corrected chi connectivity index (χ1v) is 17.3. The van der Waals surface area contributed by atoms with Crippen molar-refractivity contribution in [3.8, 4) is 28.5 Å². The Balaban J connectivity index is 0.000000186. The summed E-state index contributed by atoms with van der Waals surface area (Å²) in [5.41, 5.74) is 19.1. The second kappa shape index (κ2) is 18.2. The van der Waals surface area contributed by atoms with Crippen LogP contribution < -0.4 is 16.2 Å². The Labute approximate surface area is 304 Å². The lowest BCUT2D eigenvalue weighted by Crippen LogP contribution is -1.97. The average Bonchev–Trinajstić information content (AvgIpc) is 3.82. The number of aromatic nitrogens is 5. The van der Waals surface area contributed by atoms with Crippen molar-refractivity contribution in [3.05, 3.63) is 155 Å². The van der Waals surface area contributed by atoms with E-state index < -0.39 is 10.4 Å². The fourth-order valence-electron chi connectivity index (χ4n) is 4.82. The number of hydrogen-bond donors (Lipinski definition) is 5. The number of benzene rings is 2. The van der Waals surface area contributed by atoms with E-state index in [0.29, 0.717) is 48.5 Å². The average molecular weight is 738 g/mol. The van der Waals surface area contributed by atoms with E-state index in [4.69, 9.17) is 47.9 Å². The van der Waals surface area contributed by atoms with Crippen LogP contribution in [-0.4, -0.2) is 47.9 Å². The van der Waals surface area contributed by atoms with Crippen molar-refractivity contribution in [2.24, 2.45) is 0 Å². The Hall–Kier alpha value is -6.46. The summed E-state index contributed by atoms with van der Waals surface area (Å²) < 4.78 is 48.0. The Morgan fingerprint density at radius 1 is 0.604 bits per heavy atom. The second-order valence-corrected chi connectivity index (χ2v) is 12.2. The number of ether oxygens (including phenoxy) is 1. The first kappa shape index (κ1) is 37.8. The monoisotopic (exact) mass is 737 g/mol. The SMILES string of the molecule is Nc1ncccc1-c1cc(Cc2ccc(CO)cc2)no1.Nc1ncccc1-c1cc(Cc2ccc(COc3ccccn3)cc2)no1.O=S(=O)(O)O. The van der Waals surface area contributed by atoms with Crippen LogP contribution in [0.4, 0.5) is 11.6 Å². The molecule has 0 radical (unpaired) electrons. The van der Waals surface area contributed by atoms with Gasteiger partial charge in [-0.1, -0.05) is 64.9 Å². The van der Waals surface area contributed by atoms with E-state index in [9.17, 15) is 0 Å². The maximum Gasteiger partial charge on any atom is 0.394 e. The maximum atomic E-state index is 9.03. The van der Waals surface area contributed by atoms with Crippen LogP contribution in [0.5, 0.6) is 5.88 Å². The normalized spacial score (nSPS) is 10.8. The topological polar surface area (TPSA) is 247 Å². The fourth-order valence-corrected chi connectivity index (χ4v) is 4.82. The van der Waals surface area contributed by atoms with E-state index in [1.807, 2.05) is 91.0 Å². The van der Waals surface area contributed by atoms with Crippen molar-refractivity contribution in [2.45, 2.75) is 26.1 Å². The Kier molecular flexibility index (Phi) is 12.9. The highest BCUT2D eigenvalue weighted by Gasteiger charge is 2.12. The lowest BCUT2D eigenvalue weighted by Gasteiger charge is -2.05. The highest BCUT2D eigenvalue weighted by Crippen LogP contribution is 2.26. The molecule has 0 saturated heterocycles. The van der Waals surface area contributed by atoms with E-state index in [1.54, 1.807) is 18.6 Å². The number of pyridine rings is 3. The minimum absolute atomic E-state index is 0.0503. The zero-order valence-electron chi connectivity index (χ0n) is 28.1. The quantitative estimate of drug-likeness (QED) is 0.107. The molecule has 0 saturated carbocycles. The van der Waals surface area contributed by atoms with Gasteiger partial charge in [0.15, 0.2) is 11.5 Å². The van der Waals surface area contributed by atoms with Gasteiger partial charge in [0, 0.05) is 49.6 Å². The van der Waals surface area contributed by atoms with Crippen LogP contribution in [0, 0.1) is 0 Å². The van der Waals surface area contributed by atoms with Crippen LogP contribution in [0.1, 0.15) is 33.6 Å². The molecule has 0 spiro atoms. The Morgan fingerprint density at radius 2 is 1.06 bits per heavy atom. The van der Waals surface area contributed by atoms with Gasteiger partial charge in [0.2, 0.25) is 5.88 Å². The predicted octanol–water partition coefficient (Wildman–Crippen LogP) is 5.63. The lowest BCUT2D eigenvalue weighted by molar-refractivity contribution is 0.282. The van der Waals surface area contributed by atoms with Gasteiger partial charge in [-0.2, -0.15) is 8.42 Å². The third-order valence-corrected chi connectivity index (χ3v) is 7.35. The molecule has 5 heterocycles. The van der Waals surface area contributed by atoms with Crippen molar-refractivity contribution in [1.29, 1.82) is 0 Å². The summed E-state index contributed by atoms with van der Waals surface area (Å²) in [6.07, 6.45) is 6.33. The van der Waals surface area contributed by atoms with Crippen LogP contribution >= 0.6 is 0 Å². The molecule has 53 heavy (non-hydrogen) atoms. The number of nitrogens with zero attached hydrogens (tertiary/aromatic N) is 5. The Morgan fingerprint density at radius 3 is 1.49 bits per heavy atom. The maximum absolute atomic E-state index is 9.03. The molecule has 7 aromatic rings. The van der Waals surface area contributed by atoms with Crippen molar-refractivity contribution < 1.29 is 36.4 Å². The molecule has 0 aliphatic carbocycles. The third kappa shape index (κ3) is 12.1. The molecule has 0 aliphatic rings. The zero-order valence-corrected chi connectivity index (χ0v) is 28.9. The number of aliphatic hydroxyl groups excluding tert-OH is 1. The molecular formula is C37H35N7O8S. The van der Waals surface area contributed by atoms with Gasteiger partial charge < -0.3 is 30.4 Å². The molecule has 2 aromatic carbocycles. The van der Waals surface area contributed by atoms with Gasteiger partial charge in [-0.15, -0.1) is 0 Å². The van der Waals surface area contributed by atoms with Crippen molar-refractivity contribution in [1.82, 2.24) is 25.3 Å². The minimum Gasteiger partial charge on any atom is -0.473 e. The van der Waals surface area contributed by atoms with Crippen LogP contribution in [0.3, 0.4) is 0 Å². The second-order valence-electron chi connectivity index (χ2n) is 11.3. The molecule has 16 heteroatoms. The molecule has 0 bridgehead atoms. The van der Waals surface area contributed by atoms with Gasteiger partial charge in [0.05, 0.1) is 29.1 Å². The van der Waals surface area contributed by atoms with Crippen molar-refractivity contribution in [2.75, 3.05) is 11.5 Å². The standard InChI is InChI=1S/C21H18N4O2.C16H15N3O2.H2O4S/c22-21-18(4-3-11-24-21)19-13-17(25-27-19)12-15-6-8-16(9-7-15)14-26-20-5-1-2-10-23-20;17-16-14(2-1-7-18-16)15-9-13(19-21-15)8-11-3-5-12(10-20)6-4-11;1-5(2,3)4/h1-11,13H,12,14H2,(H2,22,24);1-7,9,20H,8,10H2,(H2,17,18);(H2,1,2,3,4). The fraction of sp³-hybridized carbons (Fsp3) is 0.108. The molecule has 0 amide bonds. The molecule has 0 atom stereocenters. The van der Waals surface area contributed by atoms with Gasteiger partial charge in [-0.25, -0.2) is 15.0 Å². The minimum atomic E-state index is -4.67. The zero-order chi connectivity index (χ0) is 37.6. The summed E-state index contributed by atoms with van der Waals surface area (Å²) in [7, 11) is -4.67. The lowest BCUT2D eigenvalue weighted by atomic mass is 10.1. The smallest absolute Gasteiger partial charge is 0.394 e. The summed E-state index contributed by atoms with van der Waals surface area (Å²) >= 11 is 0. The van der Waals surface area contributed by atoms with Crippen molar-refractivity contribution >= 4 is 22.0 Å². The van der Waals surface area contributed by atoms with Gasteiger partial charge in [-0.3, -0.25) is 9.11 Å². The Bertz CT molecular complexity index is 2290. The molecule has 272 valence electrons. The number of nitrogen functional groups attached to an aromatic ring is 2. The summed E-state index contributed by atoms with van der Waals surface area (Å²) in [6.45, 7) is 0.528. The third-order valence-electron chi connectivity index (χ3n) is 7.35. The van der Waals surface area contributed by atoms with E-state index in [0.717, 1.165) is 44.8 Å². The largest absolute Gasteiger partial charge is 0.473 e. The molecule has 0 fully saturated rings. The number of hydrogen-bond acceptors (Lipinski definition) is 13. The van der Waals surface area contributed by atoms with Crippen LogP contribution in [0.2, 0.25) is 0 Å². The van der Waals surface area contributed by atoms with Gasteiger partial charge in [-0.05, 0) is 52.6 Å². The highest BCUT2D eigenvalue weighted by atomic mass is 32.3. The van der Waals surface area contributed by atoms with Gasteiger partial charge in [0.1, 0.15) is 18.2 Å². The van der Waals surface area contributed by atoms with Gasteiger partial charge >= 0.3 is 10.4 Å². The number of nitrogens with two attached hydrogens (primary N) is 2. The van der Waals surface area contributed by atoms with Crippen molar-refractivity contribution in [3.63, 3.8) is 0 Å². The molecule has 5 aromatic heterocycles. The van der Waals surface area contributed by atoms with Crippen LogP contribution in [0.25, 0.3) is 22.6 Å². The van der Waals surface area contributed by atoms with E-state index in [2.05, 4.69) is 37.4 Å². The van der Waals surface area contributed by atoms with Crippen LogP contribution in [-0.2, 0) is 36.5 Å².